The van der Waals surface area contributed by atoms with E-state index in [0.29, 0.717) is 12.3 Å². The van der Waals surface area contributed by atoms with Gasteiger partial charge in [-0.15, -0.1) is 35.3 Å². The maximum absolute atomic E-state index is 10.0. The molecule has 0 spiro atoms. The van der Waals surface area contributed by atoms with E-state index in [1.165, 1.54) is 5.01 Å². The Labute approximate surface area is 176 Å². The van der Waals surface area contributed by atoms with Crippen molar-refractivity contribution in [1.29, 1.82) is 0 Å². The van der Waals surface area contributed by atoms with Crippen LogP contribution >= 0.6 is 35.3 Å². The van der Waals surface area contributed by atoms with Gasteiger partial charge in [0, 0.05) is 38.6 Å². The average molecular weight is 487 g/mol. The quantitative estimate of drug-likeness (QED) is 0.395. The summed E-state index contributed by atoms with van der Waals surface area (Å²) in [4.78, 5) is 13.5. The van der Waals surface area contributed by atoms with Crippen LogP contribution in [0.3, 0.4) is 0 Å². The lowest BCUT2D eigenvalue weighted by molar-refractivity contribution is 0.369. The molecule has 3 rings (SSSR count). The number of phenols is 1. The molecule has 6 nitrogen and oxygen atoms in total. The van der Waals surface area contributed by atoms with Gasteiger partial charge in [-0.3, -0.25) is 4.99 Å². The third kappa shape index (κ3) is 5.00. The summed E-state index contributed by atoms with van der Waals surface area (Å²) in [7, 11) is 1.82. The van der Waals surface area contributed by atoms with Crippen LogP contribution < -0.4 is 10.2 Å². The summed E-state index contributed by atoms with van der Waals surface area (Å²) in [6, 6.07) is 7.51. The molecule has 1 fully saturated rings. The molecule has 0 radical (unpaired) electrons. The zero-order chi connectivity index (χ0) is 17.6. The van der Waals surface area contributed by atoms with Crippen molar-refractivity contribution in [1.82, 2.24) is 15.2 Å². The second-order valence-corrected chi connectivity index (χ2v) is 6.89. The van der Waals surface area contributed by atoms with Gasteiger partial charge in [0.15, 0.2) is 5.96 Å². The van der Waals surface area contributed by atoms with E-state index in [2.05, 4.69) is 37.4 Å². The molecule has 0 atom stereocenters. The summed E-state index contributed by atoms with van der Waals surface area (Å²) in [5.41, 5.74) is 1.97. The van der Waals surface area contributed by atoms with Crippen molar-refractivity contribution in [3.05, 3.63) is 40.3 Å². The maximum atomic E-state index is 10.0. The number of guanidine groups is 1. The van der Waals surface area contributed by atoms with Crippen LogP contribution in [0.2, 0.25) is 0 Å². The zero-order valence-electron chi connectivity index (χ0n) is 15.2. The molecular formula is C18H26IN5OS. The number of aromatic nitrogens is 1. The molecule has 1 aliphatic rings. The van der Waals surface area contributed by atoms with Crippen LogP contribution in [0.15, 0.2) is 34.6 Å². The summed E-state index contributed by atoms with van der Waals surface area (Å²) in [5.74, 6) is 1.25. The number of thiazole rings is 1. The van der Waals surface area contributed by atoms with Gasteiger partial charge in [0.2, 0.25) is 0 Å². The Morgan fingerprint density at radius 3 is 2.62 bits per heavy atom. The molecule has 1 aromatic carbocycles. The first-order valence-electron chi connectivity index (χ1n) is 8.63. The topological polar surface area (TPSA) is 64.0 Å². The summed E-state index contributed by atoms with van der Waals surface area (Å²) in [6.45, 7) is 6.27. The number of aryl methyl sites for hydroxylation is 1. The van der Waals surface area contributed by atoms with Crippen LogP contribution in [0.5, 0.6) is 5.75 Å². The van der Waals surface area contributed by atoms with E-state index in [9.17, 15) is 5.11 Å². The summed E-state index contributed by atoms with van der Waals surface area (Å²) in [5, 5.41) is 16.7. The van der Waals surface area contributed by atoms with Gasteiger partial charge >= 0.3 is 0 Å². The van der Waals surface area contributed by atoms with Gasteiger partial charge in [-0.05, 0) is 18.6 Å². The number of aliphatic imine (C=N–C) groups is 1. The Bertz CT molecular complexity index is 728. The fourth-order valence-electron chi connectivity index (χ4n) is 2.99. The molecule has 2 heterocycles. The maximum Gasteiger partial charge on any atom is 0.194 e. The number of para-hydroxylation sites is 2. The third-order valence-electron chi connectivity index (χ3n) is 4.34. The molecule has 0 bridgehead atoms. The smallest absolute Gasteiger partial charge is 0.194 e. The number of hydrogen-bond acceptors (Lipinski definition) is 5. The van der Waals surface area contributed by atoms with Gasteiger partial charge in [0.25, 0.3) is 0 Å². The van der Waals surface area contributed by atoms with Crippen LogP contribution in [0, 0.1) is 0 Å². The second kappa shape index (κ2) is 9.96. The van der Waals surface area contributed by atoms with Crippen molar-refractivity contribution in [2.24, 2.45) is 4.99 Å². The Balaban J connectivity index is 0.00000243. The highest BCUT2D eigenvalue weighted by atomic mass is 127. The van der Waals surface area contributed by atoms with Gasteiger partial charge in [0.05, 0.1) is 22.9 Å². The van der Waals surface area contributed by atoms with Gasteiger partial charge in [-0.1, -0.05) is 19.1 Å². The van der Waals surface area contributed by atoms with Crippen molar-refractivity contribution in [3.8, 4) is 5.75 Å². The molecule has 1 aliphatic heterocycles. The molecule has 0 aliphatic carbocycles. The molecule has 0 unspecified atom stereocenters. The minimum atomic E-state index is 0. The number of piperazine rings is 1. The molecule has 2 aromatic rings. The summed E-state index contributed by atoms with van der Waals surface area (Å²) < 4.78 is 0. The largest absolute Gasteiger partial charge is 0.506 e. The standard InChI is InChI=1S/C18H25N5OS.HI/c1-3-17-21-14(13-25-17)12-20-18(19-2)23-10-8-22(9-11-23)15-6-4-5-7-16(15)24;/h4-7,13,24H,3,8-12H2,1-2H3,(H,19,20);1H. The Morgan fingerprint density at radius 2 is 2.00 bits per heavy atom. The highest BCUT2D eigenvalue weighted by Gasteiger charge is 2.21. The fourth-order valence-corrected chi connectivity index (χ4v) is 3.73. The van der Waals surface area contributed by atoms with E-state index < -0.39 is 0 Å². The highest BCUT2D eigenvalue weighted by Crippen LogP contribution is 2.27. The summed E-state index contributed by atoms with van der Waals surface area (Å²) >= 11 is 1.71. The van der Waals surface area contributed by atoms with Crippen molar-refractivity contribution in [2.45, 2.75) is 19.9 Å². The van der Waals surface area contributed by atoms with E-state index in [1.54, 1.807) is 17.4 Å². The monoisotopic (exact) mass is 487 g/mol. The van der Waals surface area contributed by atoms with Crippen molar-refractivity contribution in [2.75, 3.05) is 38.1 Å². The van der Waals surface area contributed by atoms with E-state index in [-0.39, 0.29) is 24.0 Å². The number of aromatic hydroxyl groups is 1. The van der Waals surface area contributed by atoms with E-state index in [1.807, 2.05) is 25.2 Å². The van der Waals surface area contributed by atoms with Crippen LogP contribution in [-0.4, -0.2) is 54.2 Å². The number of halogens is 1. The number of anilines is 1. The molecule has 1 saturated heterocycles. The average Bonchev–Trinajstić information content (AvgIpc) is 3.11. The first-order chi connectivity index (χ1) is 12.2. The zero-order valence-corrected chi connectivity index (χ0v) is 18.3. The first-order valence-corrected chi connectivity index (χ1v) is 9.51. The lowest BCUT2D eigenvalue weighted by Crippen LogP contribution is -2.52. The predicted molar refractivity (Wildman–Crippen MR) is 119 cm³/mol. The molecule has 0 amide bonds. The normalized spacial score (nSPS) is 14.9. The third-order valence-corrected chi connectivity index (χ3v) is 5.38. The minimum absolute atomic E-state index is 0. The fraction of sp³-hybridized carbons (Fsp3) is 0.444. The van der Waals surface area contributed by atoms with Crippen LogP contribution in [0.1, 0.15) is 17.6 Å². The van der Waals surface area contributed by atoms with Crippen LogP contribution in [0.4, 0.5) is 5.69 Å². The summed E-state index contributed by atoms with van der Waals surface area (Å²) in [6.07, 6.45) is 0.980. The van der Waals surface area contributed by atoms with Gasteiger partial charge in [-0.2, -0.15) is 0 Å². The van der Waals surface area contributed by atoms with Crippen molar-refractivity contribution in [3.63, 3.8) is 0 Å². The molecule has 1 aromatic heterocycles. The lowest BCUT2D eigenvalue weighted by atomic mass is 10.2. The number of nitrogens with zero attached hydrogens (tertiary/aromatic N) is 4. The SMILES string of the molecule is CCc1nc(CNC(=NC)N2CCN(c3ccccc3O)CC2)cs1.I. The highest BCUT2D eigenvalue weighted by molar-refractivity contribution is 14.0. The number of benzene rings is 1. The molecular weight excluding hydrogens is 461 g/mol. The molecule has 26 heavy (non-hydrogen) atoms. The van der Waals surface area contributed by atoms with Crippen LogP contribution in [0.25, 0.3) is 0 Å². The second-order valence-electron chi connectivity index (χ2n) is 5.95. The minimum Gasteiger partial charge on any atom is -0.506 e. The van der Waals surface area contributed by atoms with E-state index in [0.717, 1.165) is 49.9 Å². The number of phenolic OH excluding ortho intramolecular Hbond substituents is 1. The van der Waals surface area contributed by atoms with E-state index in [4.69, 9.17) is 0 Å². The van der Waals surface area contributed by atoms with Crippen LogP contribution in [-0.2, 0) is 13.0 Å². The molecule has 2 N–H and O–H groups in total. The molecule has 142 valence electrons. The van der Waals surface area contributed by atoms with Gasteiger partial charge in [0.1, 0.15) is 5.75 Å². The lowest BCUT2D eigenvalue weighted by Gasteiger charge is -2.37. The van der Waals surface area contributed by atoms with Gasteiger partial charge < -0.3 is 20.2 Å². The van der Waals surface area contributed by atoms with Crippen molar-refractivity contribution >= 4 is 47.0 Å². The molecule has 0 saturated carbocycles. The Kier molecular flexibility index (Phi) is 7.95. The predicted octanol–water partition coefficient (Wildman–Crippen LogP) is 2.93. The first kappa shape index (κ1) is 20.8. The van der Waals surface area contributed by atoms with Crippen molar-refractivity contribution < 1.29 is 5.11 Å². The number of nitrogens with one attached hydrogen (secondary N) is 1. The van der Waals surface area contributed by atoms with Gasteiger partial charge in [-0.25, -0.2) is 4.98 Å². The Morgan fingerprint density at radius 1 is 1.27 bits per heavy atom. The number of rotatable bonds is 4. The van der Waals surface area contributed by atoms with E-state index >= 15 is 0 Å². The number of hydrogen-bond donors (Lipinski definition) is 2. The Hall–Kier alpha value is -1.55. The molecule has 8 heteroatoms.